The monoisotopic (exact) mass is 298 g/mol. The molecule has 1 heterocycles. The van der Waals surface area contributed by atoms with Crippen LogP contribution < -0.4 is 10.6 Å². The number of hydrogen-bond donors (Lipinski definition) is 2. The van der Waals surface area contributed by atoms with Crippen molar-refractivity contribution in [3.8, 4) is 0 Å². The maximum absolute atomic E-state index is 11.8. The molecule has 1 aromatic heterocycles. The van der Waals surface area contributed by atoms with E-state index in [1.807, 2.05) is 51.1 Å². The fourth-order valence-electron chi connectivity index (χ4n) is 2.11. The van der Waals surface area contributed by atoms with Crippen molar-refractivity contribution in [3.63, 3.8) is 0 Å². The third kappa shape index (κ3) is 5.16. The first-order valence-corrected chi connectivity index (χ1v) is 7.45. The molecule has 116 valence electrons. The Hall–Kier alpha value is -2.43. The van der Waals surface area contributed by atoms with Crippen molar-refractivity contribution in [2.24, 2.45) is 0 Å². The molecule has 2 rings (SSSR count). The Morgan fingerprint density at radius 3 is 2.32 bits per heavy atom. The summed E-state index contributed by atoms with van der Waals surface area (Å²) in [4.78, 5) is 20.5. The van der Waals surface area contributed by atoms with Gasteiger partial charge in [-0.15, -0.1) is 0 Å². The number of nitrogens with one attached hydrogen (secondary N) is 2. The molecule has 0 saturated carbocycles. The van der Waals surface area contributed by atoms with Gasteiger partial charge in [-0.3, -0.25) is 4.79 Å². The van der Waals surface area contributed by atoms with Crippen LogP contribution in [0.15, 0.2) is 30.3 Å². The summed E-state index contributed by atoms with van der Waals surface area (Å²) in [5.41, 5.74) is 3.89. The van der Waals surface area contributed by atoms with Gasteiger partial charge in [0.15, 0.2) is 0 Å². The van der Waals surface area contributed by atoms with Crippen LogP contribution in [-0.2, 0) is 4.79 Å². The van der Waals surface area contributed by atoms with Gasteiger partial charge in [-0.1, -0.05) is 17.7 Å². The Labute approximate surface area is 131 Å². The number of rotatable bonds is 6. The number of carbonyl (C=O) groups excluding carboxylic acids is 1. The molecular formula is C17H22N4O. The minimum absolute atomic E-state index is 0.0204. The molecule has 1 aromatic carbocycles. The van der Waals surface area contributed by atoms with Gasteiger partial charge in [0.25, 0.3) is 0 Å². The second-order valence-electron chi connectivity index (χ2n) is 5.42. The highest BCUT2D eigenvalue weighted by atomic mass is 16.1. The van der Waals surface area contributed by atoms with Crippen molar-refractivity contribution in [1.82, 2.24) is 9.97 Å². The van der Waals surface area contributed by atoms with Crippen LogP contribution >= 0.6 is 0 Å². The van der Waals surface area contributed by atoms with E-state index in [4.69, 9.17) is 0 Å². The van der Waals surface area contributed by atoms with Gasteiger partial charge < -0.3 is 10.6 Å². The van der Waals surface area contributed by atoms with E-state index in [0.29, 0.717) is 18.9 Å². The lowest BCUT2D eigenvalue weighted by atomic mass is 10.2. The lowest BCUT2D eigenvalue weighted by Gasteiger charge is -2.07. The van der Waals surface area contributed by atoms with E-state index >= 15 is 0 Å². The van der Waals surface area contributed by atoms with E-state index < -0.39 is 0 Å². The summed E-state index contributed by atoms with van der Waals surface area (Å²) in [5, 5.41) is 6.04. The first kappa shape index (κ1) is 15.9. The maximum atomic E-state index is 11.8. The number of amides is 1. The van der Waals surface area contributed by atoms with Crippen LogP contribution in [0.2, 0.25) is 0 Å². The Balaban J connectivity index is 1.71. The van der Waals surface area contributed by atoms with Crippen molar-refractivity contribution >= 4 is 17.5 Å². The molecule has 0 aliphatic carbocycles. The zero-order valence-electron chi connectivity index (χ0n) is 13.3. The number of hydrogen-bond acceptors (Lipinski definition) is 4. The highest BCUT2D eigenvalue weighted by molar-refractivity contribution is 5.90. The van der Waals surface area contributed by atoms with Crippen LogP contribution in [0.5, 0.6) is 0 Å². The van der Waals surface area contributed by atoms with Crippen molar-refractivity contribution in [3.05, 3.63) is 47.3 Å². The molecule has 0 aliphatic heterocycles. The summed E-state index contributed by atoms with van der Waals surface area (Å²) in [5.74, 6) is 0.642. The third-order valence-electron chi connectivity index (χ3n) is 3.18. The molecule has 0 spiro atoms. The minimum atomic E-state index is 0.0204. The first-order chi connectivity index (χ1) is 10.5. The van der Waals surface area contributed by atoms with Crippen LogP contribution in [-0.4, -0.2) is 22.4 Å². The van der Waals surface area contributed by atoms with E-state index in [1.54, 1.807) is 0 Å². The SMILES string of the molecule is Cc1ccc(NC(=O)CCCNc2nc(C)cc(C)n2)cc1. The predicted molar refractivity (Wildman–Crippen MR) is 89.0 cm³/mol. The molecule has 0 fully saturated rings. The molecule has 0 unspecified atom stereocenters. The van der Waals surface area contributed by atoms with Crippen LogP contribution in [0.1, 0.15) is 29.8 Å². The molecule has 0 bridgehead atoms. The fraction of sp³-hybridized carbons (Fsp3) is 0.353. The summed E-state index contributed by atoms with van der Waals surface area (Å²) in [6.45, 7) is 6.57. The smallest absolute Gasteiger partial charge is 0.224 e. The third-order valence-corrected chi connectivity index (χ3v) is 3.18. The van der Waals surface area contributed by atoms with E-state index in [-0.39, 0.29) is 5.91 Å². The lowest BCUT2D eigenvalue weighted by molar-refractivity contribution is -0.116. The van der Waals surface area contributed by atoms with Crippen molar-refractivity contribution in [2.75, 3.05) is 17.2 Å². The van der Waals surface area contributed by atoms with E-state index in [0.717, 1.165) is 23.5 Å². The quantitative estimate of drug-likeness (QED) is 0.803. The first-order valence-electron chi connectivity index (χ1n) is 7.45. The van der Waals surface area contributed by atoms with Crippen molar-refractivity contribution < 1.29 is 4.79 Å². The van der Waals surface area contributed by atoms with Gasteiger partial charge in [-0.2, -0.15) is 0 Å². The summed E-state index contributed by atoms with van der Waals surface area (Å²) >= 11 is 0. The van der Waals surface area contributed by atoms with Crippen molar-refractivity contribution in [2.45, 2.75) is 33.6 Å². The molecule has 2 N–H and O–H groups in total. The maximum Gasteiger partial charge on any atom is 0.224 e. The van der Waals surface area contributed by atoms with Crippen LogP contribution in [0.3, 0.4) is 0 Å². The summed E-state index contributed by atoms with van der Waals surface area (Å²) in [6, 6.07) is 9.72. The van der Waals surface area contributed by atoms with Gasteiger partial charge in [0.05, 0.1) is 0 Å². The van der Waals surface area contributed by atoms with Gasteiger partial charge in [-0.05, 0) is 45.4 Å². The lowest BCUT2D eigenvalue weighted by Crippen LogP contribution is -2.14. The average molecular weight is 298 g/mol. The van der Waals surface area contributed by atoms with Gasteiger partial charge in [0.1, 0.15) is 0 Å². The molecule has 5 nitrogen and oxygen atoms in total. The van der Waals surface area contributed by atoms with E-state index in [2.05, 4.69) is 20.6 Å². The Morgan fingerprint density at radius 2 is 1.68 bits per heavy atom. The largest absolute Gasteiger partial charge is 0.354 e. The molecular weight excluding hydrogens is 276 g/mol. The van der Waals surface area contributed by atoms with Gasteiger partial charge in [0, 0.05) is 30.0 Å². The predicted octanol–water partition coefficient (Wildman–Crippen LogP) is 3.23. The van der Waals surface area contributed by atoms with Crippen LogP contribution in [0.4, 0.5) is 11.6 Å². The fourth-order valence-corrected chi connectivity index (χ4v) is 2.11. The second-order valence-corrected chi connectivity index (χ2v) is 5.42. The summed E-state index contributed by atoms with van der Waals surface area (Å²) in [6.07, 6.45) is 1.19. The number of carbonyl (C=O) groups is 1. The van der Waals surface area contributed by atoms with Gasteiger partial charge in [0.2, 0.25) is 11.9 Å². The second kappa shape index (κ2) is 7.54. The molecule has 2 aromatic rings. The zero-order chi connectivity index (χ0) is 15.9. The average Bonchev–Trinajstić information content (AvgIpc) is 2.45. The Bertz CT molecular complexity index is 617. The topological polar surface area (TPSA) is 66.9 Å². The normalized spacial score (nSPS) is 10.3. The number of anilines is 2. The summed E-state index contributed by atoms with van der Waals surface area (Å²) < 4.78 is 0. The molecule has 0 aliphatic rings. The molecule has 0 saturated heterocycles. The number of aryl methyl sites for hydroxylation is 3. The Morgan fingerprint density at radius 1 is 1.05 bits per heavy atom. The van der Waals surface area contributed by atoms with Crippen LogP contribution in [0.25, 0.3) is 0 Å². The van der Waals surface area contributed by atoms with Crippen molar-refractivity contribution in [1.29, 1.82) is 0 Å². The number of nitrogens with zero attached hydrogens (tertiary/aromatic N) is 2. The zero-order valence-corrected chi connectivity index (χ0v) is 13.3. The number of aromatic nitrogens is 2. The van der Waals surface area contributed by atoms with E-state index in [9.17, 15) is 4.79 Å². The molecule has 1 amide bonds. The Kier molecular flexibility index (Phi) is 5.47. The molecule has 22 heavy (non-hydrogen) atoms. The number of benzene rings is 1. The standard InChI is InChI=1S/C17H22N4O/c1-12-6-8-15(9-7-12)21-16(22)5-4-10-18-17-19-13(2)11-14(3)20-17/h6-9,11H,4-5,10H2,1-3H3,(H,21,22)(H,18,19,20). The van der Waals surface area contributed by atoms with Crippen LogP contribution in [0, 0.1) is 20.8 Å². The molecule has 0 radical (unpaired) electrons. The van der Waals surface area contributed by atoms with Gasteiger partial charge in [-0.25, -0.2) is 9.97 Å². The summed E-state index contributed by atoms with van der Waals surface area (Å²) in [7, 11) is 0. The molecule has 0 atom stereocenters. The molecule has 5 heteroatoms. The van der Waals surface area contributed by atoms with Gasteiger partial charge >= 0.3 is 0 Å². The van der Waals surface area contributed by atoms with E-state index in [1.165, 1.54) is 5.56 Å². The highest BCUT2D eigenvalue weighted by Gasteiger charge is 2.03. The highest BCUT2D eigenvalue weighted by Crippen LogP contribution is 2.09. The minimum Gasteiger partial charge on any atom is -0.354 e.